The number of aliphatic hydroxyl groups excluding tert-OH is 1. The fraction of sp³-hybridized carbons (Fsp3) is 0.444. The van der Waals surface area contributed by atoms with Gasteiger partial charge < -0.3 is 10.4 Å². The van der Waals surface area contributed by atoms with E-state index in [4.69, 9.17) is 5.11 Å². The summed E-state index contributed by atoms with van der Waals surface area (Å²) in [6.45, 7) is 3.04. The molecule has 1 heterocycles. The van der Waals surface area contributed by atoms with Crippen molar-refractivity contribution < 1.29 is 5.11 Å². The summed E-state index contributed by atoms with van der Waals surface area (Å²) in [7, 11) is 0. The minimum Gasteiger partial charge on any atom is -0.392 e. The van der Waals surface area contributed by atoms with Crippen molar-refractivity contribution >= 4 is 15.9 Å². The molecule has 1 atom stereocenters. The molecular formula is C9H13BrN2O. The molecule has 0 bridgehead atoms. The molecule has 1 unspecified atom stereocenters. The second-order valence-corrected chi connectivity index (χ2v) is 3.86. The van der Waals surface area contributed by atoms with Gasteiger partial charge in [0.25, 0.3) is 0 Å². The first-order chi connectivity index (χ1) is 6.18. The van der Waals surface area contributed by atoms with Crippen molar-refractivity contribution in [2.75, 3.05) is 6.54 Å². The minimum atomic E-state index is -0.310. The van der Waals surface area contributed by atoms with Gasteiger partial charge in [0.15, 0.2) is 0 Å². The molecule has 1 aromatic rings. The Bertz CT molecular complexity index is 248. The van der Waals surface area contributed by atoms with E-state index in [1.54, 1.807) is 13.1 Å². The van der Waals surface area contributed by atoms with E-state index in [-0.39, 0.29) is 6.10 Å². The molecule has 0 amide bonds. The van der Waals surface area contributed by atoms with Gasteiger partial charge in [-0.1, -0.05) is 0 Å². The highest BCUT2D eigenvalue weighted by Gasteiger charge is 1.96. The van der Waals surface area contributed by atoms with Gasteiger partial charge in [0.05, 0.1) is 11.8 Å². The summed E-state index contributed by atoms with van der Waals surface area (Å²) in [5, 5.41) is 12.1. The van der Waals surface area contributed by atoms with E-state index in [9.17, 15) is 0 Å². The normalized spacial score (nSPS) is 12.8. The first kappa shape index (κ1) is 10.6. The largest absolute Gasteiger partial charge is 0.392 e. The molecule has 0 spiro atoms. The maximum absolute atomic E-state index is 8.98. The van der Waals surface area contributed by atoms with Crippen LogP contribution >= 0.6 is 15.9 Å². The summed E-state index contributed by atoms with van der Waals surface area (Å²) in [5.41, 5.74) is 0.976. The summed E-state index contributed by atoms with van der Waals surface area (Å²) in [5.74, 6) is 0. The van der Waals surface area contributed by atoms with Gasteiger partial charge in [0.1, 0.15) is 0 Å². The molecule has 0 aliphatic carbocycles. The van der Waals surface area contributed by atoms with Crippen LogP contribution in [0.2, 0.25) is 0 Å². The Morgan fingerprint density at radius 2 is 2.38 bits per heavy atom. The molecule has 0 aliphatic heterocycles. The molecule has 13 heavy (non-hydrogen) atoms. The Hall–Kier alpha value is -0.450. The molecule has 0 aromatic carbocycles. The monoisotopic (exact) mass is 244 g/mol. The Kier molecular flexibility index (Phi) is 4.35. The van der Waals surface area contributed by atoms with E-state index in [1.165, 1.54) is 0 Å². The molecule has 4 heteroatoms. The van der Waals surface area contributed by atoms with Gasteiger partial charge in [-0.15, -0.1) is 0 Å². The first-order valence-corrected chi connectivity index (χ1v) is 4.97. The van der Waals surface area contributed by atoms with Crippen LogP contribution in [0.15, 0.2) is 22.8 Å². The molecule has 72 valence electrons. The summed E-state index contributed by atoms with van der Waals surface area (Å²) in [4.78, 5) is 4.18. The average Bonchev–Trinajstić information content (AvgIpc) is 2.08. The van der Waals surface area contributed by atoms with Crippen LogP contribution in [0.3, 0.4) is 0 Å². The zero-order valence-corrected chi connectivity index (χ0v) is 9.08. The van der Waals surface area contributed by atoms with Crippen LogP contribution in [-0.4, -0.2) is 22.7 Å². The van der Waals surface area contributed by atoms with E-state index in [0.717, 1.165) is 10.2 Å². The standard InChI is InChI=1S/C9H13BrN2O/c1-7(13)4-11-6-9-3-2-8(10)5-12-9/h2-3,5,7,11,13H,4,6H2,1H3. The predicted molar refractivity (Wildman–Crippen MR) is 55.3 cm³/mol. The quantitative estimate of drug-likeness (QED) is 0.840. The number of nitrogens with one attached hydrogen (secondary N) is 1. The van der Waals surface area contributed by atoms with Crippen molar-refractivity contribution in [3.05, 3.63) is 28.5 Å². The highest BCUT2D eigenvalue weighted by atomic mass is 79.9. The lowest BCUT2D eigenvalue weighted by Crippen LogP contribution is -2.24. The highest BCUT2D eigenvalue weighted by molar-refractivity contribution is 9.10. The molecule has 0 saturated carbocycles. The van der Waals surface area contributed by atoms with Crippen LogP contribution in [0, 0.1) is 0 Å². The number of hydrogen-bond donors (Lipinski definition) is 2. The van der Waals surface area contributed by atoms with Crippen molar-refractivity contribution in [3.63, 3.8) is 0 Å². The second-order valence-electron chi connectivity index (χ2n) is 2.95. The molecule has 0 aliphatic rings. The molecule has 2 N–H and O–H groups in total. The van der Waals surface area contributed by atoms with Crippen molar-refractivity contribution in [3.8, 4) is 0 Å². The summed E-state index contributed by atoms with van der Waals surface area (Å²) in [6.07, 6.45) is 1.45. The predicted octanol–water partition coefficient (Wildman–Crippen LogP) is 1.31. The summed E-state index contributed by atoms with van der Waals surface area (Å²) < 4.78 is 0.978. The number of nitrogens with zero attached hydrogens (tertiary/aromatic N) is 1. The third-order valence-corrected chi connectivity index (χ3v) is 2.00. The Labute approximate surface area is 86.3 Å². The summed E-state index contributed by atoms with van der Waals surface area (Å²) >= 11 is 3.31. The minimum absolute atomic E-state index is 0.310. The van der Waals surface area contributed by atoms with E-state index < -0.39 is 0 Å². The van der Waals surface area contributed by atoms with Crippen LogP contribution in [0.4, 0.5) is 0 Å². The van der Waals surface area contributed by atoms with Crippen LogP contribution < -0.4 is 5.32 Å². The van der Waals surface area contributed by atoms with E-state index in [2.05, 4.69) is 26.2 Å². The van der Waals surface area contributed by atoms with Gasteiger partial charge in [-0.25, -0.2) is 0 Å². The van der Waals surface area contributed by atoms with Gasteiger partial charge in [-0.3, -0.25) is 4.98 Å². The average molecular weight is 245 g/mol. The Morgan fingerprint density at radius 3 is 2.92 bits per heavy atom. The highest BCUT2D eigenvalue weighted by Crippen LogP contribution is 2.06. The number of halogens is 1. The van der Waals surface area contributed by atoms with Gasteiger partial charge >= 0.3 is 0 Å². The molecule has 0 saturated heterocycles. The number of aliphatic hydroxyl groups is 1. The lowest BCUT2D eigenvalue weighted by molar-refractivity contribution is 0.191. The Morgan fingerprint density at radius 1 is 1.62 bits per heavy atom. The van der Waals surface area contributed by atoms with Crippen molar-refractivity contribution in [1.82, 2.24) is 10.3 Å². The molecule has 0 radical (unpaired) electrons. The lowest BCUT2D eigenvalue weighted by Gasteiger charge is -2.05. The molecule has 3 nitrogen and oxygen atoms in total. The maximum Gasteiger partial charge on any atom is 0.0636 e. The molecule has 1 aromatic heterocycles. The molecular weight excluding hydrogens is 232 g/mol. The number of hydrogen-bond acceptors (Lipinski definition) is 3. The zero-order chi connectivity index (χ0) is 9.68. The van der Waals surface area contributed by atoms with Crippen molar-refractivity contribution in [2.45, 2.75) is 19.6 Å². The van der Waals surface area contributed by atoms with Crippen LogP contribution in [0.25, 0.3) is 0 Å². The van der Waals surface area contributed by atoms with Gasteiger partial charge in [-0.05, 0) is 35.0 Å². The van der Waals surface area contributed by atoms with Crippen LogP contribution in [-0.2, 0) is 6.54 Å². The molecule has 0 fully saturated rings. The number of rotatable bonds is 4. The third-order valence-electron chi connectivity index (χ3n) is 1.53. The second kappa shape index (κ2) is 5.32. The Balaban J connectivity index is 2.33. The lowest BCUT2D eigenvalue weighted by atomic mass is 10.3. The van der Waals surface area contributed by atoms with E-state index in [1.807, 2.05) is 12.1 Å². The van der Waals surface area contributed by atoms with Gasteiger partial charge in [-0.2, -0.15) is 0 Å². The van der Waals surface area contributed by atoms with Gasteiger partial charge in [0.2, 0.25) is 0 Å². The van der Waals surface area contributed by atoms with Crippen LogP contribution in [0.5, 0.6) is 0 Å². The van der Waals surface area contributed by atoms with E-state index in [0.29, 0.717) is 13.1 Å². The first-order valence-electron chi connectivity index (χ1n) is 4.17. The van der Waals surface area contributed by atoms with Crippen LogP contribution in [0.1, 0.15) is 12.6 Å². The smallest absolute Gasteiger partial charge is 0.0636 e. The maximum atomic E-state index is 8.98. The third kappa shape index (κ3) is 4.36. The van der Waals surface area contributed by atoms with E-state index >= 15 is 0 Å². The van der Waals surface area contributed by atoms with Crippen molar-refractivity contribution in [2.24, 2.45) is 0 Å². The zero-order valence-electron chi connectivity index (χ0n) is 7.50. The number of aromatic nitrogens is 1. The SMILES string of the molecule is CC(O)CNCc1ccc(Br)cn1. The fourth-order valence-corrected chi connectivity index (χ4v) is 1.15. The fourth-order valence-electron chi connectivity index (χ4n) is 0.920. The summed E-state index contributed by atoms with van der Waals surface area (Å²) in [6, 6.07) is 3.89. The topological polar surface area (TPSA) is 45.1 Å². The molecule has 1 rings (SSSR count). The van der Waals surface area contributed by atoms with Gasteiger partial charge in [0, 0.05) is 23.8 Å². The number of pyridine rings is 1. The van der Waals surface area contributed by atoms with Crippen molar-refractivity contribution in [1.29, 1.82) is 0 Å².